The average molecular weight is 286 g/mol. The molecule has 1 N–H and O–H groups in total. The van der Waals surface area contributed by atoms with E-state index in [0.29, 0.717) is 11.6 Å². The molecular weight excluding hydrogens is 264 g/mol. The molecule has 0 unspecified atom stereocenters. The summed E-state index contributed by atoms with van der Waals surface area (Å²) in [7, 11) is 0. The lowest BCUT2D eigenvalue weighted by Crippen LogP contribution is -2.37. The lowest BCUT2D eigenvalue weighted by molar-refractivity contribution is 0.405. The molecule has 2 fully saturated rings. The standard InChI is InChI=1S/C16H22N4O/c1-11-10-14-16(21)19(8-9-20(14)18-11)7-6-17-15(12-2-3-12)13-4-5-13/h8-10,12-13,15,17H,2-7H2,1H3. The monoisotopic (exact) mass is 286 g/mol. The summed E-state index contributed by atoms with van der Waals surface area (Å²) >= 11 is 0. The van der Waals surface area contributed by atoms with E-state index in [2.05, 4.69) is 10.4 Å². The summed E-state index contributed by atoms with van der Waals surface area (Å²) in [4.78, 5) is 12.4. The number of hydrogen-bond donors (Lipinski definition) is 1. The highest BCUT2D eigenvalue weighted by Crippen LogP contribution is 2.44. The van der Waals surface area contributed by atoms with Crippen molar-refractivity contribution in [3.05, 3.63) is 34.5 Å². The number of nitrogens with zero attached hydrogens (tertiary/aromatic N) is 3. The van der Waals surface area contributed by atoms with E-state index in [1.54, 1.807) is 9.08 Å². The van der Waals surface area contributed by atoms with Gasteiger partial charge in [0.1, 0.15) is 5.52 Å². The summed E-state index contributed by atoms with van der Waals surface area (Å²) in [6, 6.07) is 2.55. The Kier molecular flexibility index (Phi) is 3.10. The molecule has 0 bridgehead atoms. The SMILES string of the molecule is Cc1cc2c(=O)n(CCNC(C3CC3)C3CC3)ccn2n1. The van der Waals surface area contributed by atoms with Crippen molar-refractivity contribution in [1.82, 2.24) is 19.5 Å². The molecule has 2 heterocycles. The van der Waals surface area contributed by atoms with Crippen molar-refractivity contribution in [3.63, 3.8) is 0 Å². The summed E-state index contributed by atoms with van der Waals surface area (Å²) < 4.78 is 3.46. The van der Waals surface area contributed by atoms with Crippen LogP contribution >= 0.6 is 0 Å². The second kappa shape index (κ2) is 4.98. The molecular formula is C16H22N4O. The van der Waals surface area contributed by atoms with Gasteiger partial charge in [-0.25, -0.2) is 4.52 Å². The van der Waals surface area contributed by atoms with Gasteiger partial charge in [0.25, 0.3) is 5.56 Å². The molecule has 0 radical (unpaired) electrons. The third-order valence-corrected chi connectivity index (χ3v) is 4.72. The van der Waals surface area contributed by atoms with Gasteiger partial charge in [0, 0.05) is 31.5 Å². The van der Waals surface area contributed by atoms with Crippen LogP contribution in [0.5, 0.6) is 0 Å². The van der Waals surface area contributed by atoms with Crippen LogP contribution in [-0.2, 0) is 6.54 Å². The van der Waals surface area contributed by atoms with Crippen LogP contribution in [0, 0.1) is 18.8 Å². The van der Waals surface area contributed by atoms with Crippen LogP contribution in [0.15, 0.2) is 23.3 Å². The number of fused-ring (bicyclic) bond motifs is 1. The summed E-state index contributed by atoms with van der Waals surface area (Å²) in [5.74, 6) is 1.79. The maximum absolute atomic E-state index is 12.4. The first-order valence-corrected chi connectivity index (χ1v) is 8.01. The predicted octanol–water partition coefficient (Wildman–Crippen LogP) is 1.58. The van der Waals surface area contributed by atoms with Gasteiger partial charge in [-0.15, -0.1) is 0 Å². The molecule has 21 heavy (non-hydrogen) atoms. The third-order valence-electron chi connectivity index (χ3n) is 4.72. The molecule has 2 aliphatic carbocycles. The van der Waals surface area contributed by atoms with Crippen LogP contribution in [0.3, 0.4) is 0 Å². The fourth-order valence-electron chi connectivity index (χ4n) is 3.31. The largest absolute Gasteiger partial charge is 0.312 e. The topological polar surface area (TPSA) is 51.3 Å². The summed E-state index contributed by atoms with van der Waals surface area (Å²) in [5, 5.41) is 7.96. The normalized spacial score (nSPS) is 18.8. The minimum absolute atomic E-state index is 0.0503. The Balaban J connectivity index is 1.44. The zero-order chi connectivity index (χ0) is 14.4. The minimum Gasteiger partial charge on any atom is -0.312 e. The van der Waals surface area contributed by atoms with Crippen LogP contribution in [0.1, 0.15) is 31.4 Å². The molecule has 5 heteroatoms. The Labute approximate surface area is 124 Å². The van der Waals surface area contributed by atoms with E-state index < -0.39 is 0 Å². The molecule has 0 spiro atoms. The maximum atomic E-state index is 12.4. The van der Waals surface area contributed by atoms with Crippen molar-refractivity contribution in [2.24, 2.45) is 11.8 Å². The van der Waals surface area contributed by atoms with Gasteiger partial charge in [0.15, 0.2) is 0 Å². The van der Waals surface area contributed by atoms with E-state index in [9.17, 15) is 4.79 Å². The number of nitrogens with one attached hydrogen (secondary N) is 1. The van der Waals surface area contributed by atoms with Gasteiger partial charge in [-0.2, -0.15) is 5.10 Å². The molecule has 2 aliphatic rings. The van der Waals surface area contributed by atoms with E-state index in [4.69, 9.17) is 0 Å². The van der Waals surface area contributed by atoms with Gasteiger partial charge in [0.05, 0.1) is 5.69 Å². The van der Waals surface area contributed by atoms with Crippen molar-refractivity contribution in [2.75, 3.05) is 6.54 Å². The van der Waals surface area contributed by atoms with Crippen LogP contribution in [0.2, 0.25) is 0 Å². The Hall–Kier alpha value is -1.62. The van der Waals surface area contributed by atoms with Crippen molar-refractivity contribution in [1.29, 1.82) is 0 Å². The van der Waals surface area contributed by atoms with E-state index in [1.807, 2.05) is 25.4 Å². The van der Waals surface area contributed by atoms with Crippen LogP contribution in [-0.4, -0.2) is 26.8 Å². The smallest absolute Gasteiger partial charge is 0.276 e. The first-order chi connectivity index (χ1) is 10.2. The average Bonchev–Trinajstić information content (AvgIpc) is 3.36. The Morgan fingerprint density at radius 2 is 2.00 bits per heavy atom. The molecule has 0 aromatic carbocycles. The molecule has 2 aromatic rings. The zero-order valence-corrected chi connectivity index (χ0v) is 12.5. The minimum atomic E-state index is 0.0503. The molecule has 5 nitrogen and oxygen atoms in total. The lowest BCUT2D eigenvalue weighted by Gasteiger charge is -2.18. The highest BCUT2D eigenvalue weighted by atomic mass is 16.1. The fraction of sp³-hybridized carbons (Fsp3) is 0.625. The van der Waals surface area contributed by atoms with E-state index in [1.165, 1.54) is 25.7 Å². The molecule has 0 amide bonds. The van der Waals surface area contributed by atoms with Crippen molar-refractivity contribution < 1.29 is 0 Å². The van der Waals surface area contributed by atoms with Gasteiger partial charge in [0.2, 0.25) is 0 Å². The van der Waals surface area contributed by atoms with Crippen molar-refractivity contribution in [3.8, 4) is 0 Å². The van der Waals surface area contributed by atoms with Gasteiger partial charge in [-0.05, 0) is 50.5 Å². The second-order valence-corrected chi connectivity index (χ2v) is 6.57. The molecule has 2 saturated carbocycles. The van der Waals surface area contributed by atoms with Gasteiger partial charge in [-0.1, -0.05) is 0 Å². The molecule has 112 valence electrons. The molecule has 2 aromatic heterocycles. The van der Waals surface area contributed by atoms with Gasteiger partial charge in [-0.3, -0.25) is 4.79 Å². The summed E-state index contributed by atoms with van der Waals surface area (Å²) in [6.07, 6.45) is 9.24. The van der Waals surface area contributed by atoms with Crippen LogP contribution in [0.25, 0.3) is 5.52 Å². The van der Waals surface area contributed by atoms with E-state index in [-0.39, 0.29) is 5.56 Å². The number of aromatic nitrogens is 3. The fourth-order valence-corrected chi connectivity index (χ4v) is 3.31. The Bertz CT molecular complexity index is 697. The number of aryl methyl sites for hydroxylation is 1. The molecule has 0 aliphatic heterocycles. The quantitative estimate of drug-likeness (QED) is 0.877. The second-order valence-electron chi connectivity index (χ2n) is 6.57. The van der Waals surface area contributed by atoms with Crippen molar-refractivity contribution in [2.45, 2.75) is 45.2 Å². The highest BCUT2D eigenvalue weighted by molar-refractivity contribution is 5.44. The first kappa shape index (κ1) is 13.1. The lowest BCUT2D eigenvalue weighted by atomic mass is 10.1. The van der Waals surface area contributed by atoms with Gasteiger partial charge >= 0.3 is 0 Å². The van der Waals surface area contributed by atoms with E-state index >= 15 is 0 Å². The summed E-state index contributed by atoms with van der Waals surface area (Å²) in [5.41, 5.74) is 1.59. The molecule has 4 rings (SSSR count). The van der Waals surface area contributed by atoms with E-state index in [0.717, 1.165) is 30.6 Å². The summed E-state index contributed by atoms with van der Waals surface area (Å²) in [6.45, 7) is 3.52. The van der Waals surface area contributed by atoms with Crippen LogP contribution in [0.4, 0.5) is 0 Å². The molecule has 0 atom stereocenters. The predicted molar refractivity (Wildman–Crippen MR) is 81.4 cm³/mol. The first-order valence-electron chi connectivity index (χ1n) is 8.01. The maximum Gasteiger partial charge on any atom is 0.276 e. The number of rotatable bonds is 6. The Morgan fingerprint density at radius 1 is 1.29 bits per heavy atom. The van der Waals surface area contributed by atoms with Crippen molar-refractivity contribution >= 4 is 5.52 Å². The zero-order valence-electron chi connectivity index (χ0n) is 12.5. The number of hydrogen-bond acceptors (Lipinski definition) is 3. The Morgan fingerprint density at radius 3 is 2.67 bits per heavy atom. The molecule has 0 saturated heterocycles. The van der Waals surface area contributed by atoms with Crippen LogP contribution < -0.4 is 10.9 Å². The highest BCUT2D eigenvalue weighted by Gasteiger charge is 2.40. The third kappa shape index (κ3) is 2.62. The van der Waals surface area contributed by atoms with Gasteiger partial charge < -0.3 is 9.88 Å².